The fraction of sp³-hybridized carbons (Fsp3) is 0.294. The number of hydrogen-bond acceptors (Lipinski definition) is 2. The van der Waals surface area contributed by atoms with Crippen LogP contribution in [0.1, 0.15) is 24.5 Å². The van der Waals surface area contributed by atoms with E-state index in [9.17, 15) is 5.11 Å². The van der Waals surface area contributed by atoms with Gasteiger partial charge in [-0.3, -0.25) is 0 Å². The van der Waals surface area contributed by atoms with Crippen LogP contribution in [0.5, 0.6) is 5.75 Å². The van der Waals surface area contributed by atoms with Crippen molar-refractivity contribution >= 4 is 11.6 Å². The summed E-state index contributed by atoms with van der Waals surface area (Å²) in [5, 5.41) is 10.3. The average Bonchev–Trinajstić information content (AvgIpc) is 2.53. The lowest BCUT2D eigenvalue weighted by Gasteiger charge is -2.24. The van der Waals surface area contributed by atoms with Crippen LogP contribution < -0.4 is 4.74 Å². The van der Waals surface area contributed by atoms with Gasteiger partial charge in [-0.15, -0.1) is 11.6 Å². The molecule has 2 rings (SSSR count). The number of alkyl halides is 1. The Morgan fingerprint density at radius 1 is 1.05 bits per heavy atom. The van der Waals surface area contributed by atoms with Gasteiger partial charge in [0.25, 0.3) is 0 Å². The lowest BCUT2D eigenvalue weighted by Crippen LogP contribution is -2.26. The molecule has 0 amide bonds. The Morgan fingerprint density at radius 3 is 2.25 bits per heavy atom. The number of ether oxygens (including phenoxy) is 1. The largest absolute Gasteiger partial charge is 0.489 e. The van der Waals surface area contributed by atoms with E-state index in [-0.39, 0.29) is 5.88 Å². The van der Waals surface area contributed by atoms with Crippen molar-refractivity contribution in [2.24, 2.45) is 0 Å². The maximum Gasteiger partial charge on any atom is 0.119 e. The second kappa shape index (κ2) is 6.78. The Hall–Kier alpha value is -1.51. The average molecular weight is 291 g/mol. The molecule has 0 saturated carbocycles. The van der Waals surface area contributed by atoms with E-state index in [1.54, 1.807) is 0 Å². The third kappa shape index (κ3) is 3.53. The summed E-state index contributed by atoms with van der Waals surface area (Å²) in [6.07, 6.45) is 0.584. The minimum absolute atomic E-state index is 0.188. The summed E-state index contributed by atoms with van der Waals surface area (Å²) in [5.74, 6) is 0.971. The van der Waals surface area contributed by atoms with Crippen LogP contribution in [-0.2, 0) is 12.2 Å². The first-order valence-electron chi connectivity index (χ1n) is 6.73. The minimum atomic E-state index is -0.959. The summed E-state index contributed by atoms with van der Waals surface area (Å²) in [7, 11) is 0. The topological polar surface area (TPSA) is 29.5 Å². The van der Waals surface area contributed by atoms with Crippen LogP contribution in [-0.4, -0.2) is 11.0 Å². The van der Waals surface area contributed by atoms with Gasteiger partial charge in [0.1, 0.15) is 18.0 Å². The van der Waals surface area contributed by atoms with Crippen LogP contribution in [0.3, 0.4) is 0 Å². The molecule has 0 heterocycles. The molecule has 106 valence electrons. The first-order chi connectivity index (χ1) is 9.68. The minimum Gasteiger partial charge on any atom is -0.489 e. The van der Waals surface area contributed by atoms with E-state index in [1.165, 1.54) is 0 Å². The maximum atomic E-state index is 10.3. The fourth-order valence-corrected chi connectivity index (χ4v) is 2.32. The second-order valence-electron chi connectivity index (χ2n) is 4.82. The van der Waals surface area contributed by atoms with Crippen molar-refractivity contribution in [3.63, 3.8) is 0 Å². The lowest BCUT2D eigenvalue weighted by molar-refractivity contribution is 0.0568. The third-order valence-corrected chi connectivity index (χ3v) is 3.89. The van der Waals surface area contributed by atoms with E-state index in [2.05, 4.69) is 0 Å². The summed E-state index contributed by atoms with van der Waals surface area (Å²) in [5.41, 5.74) is 0.990. The van der Waals surface area contributed by atoms with Gasteiger partial charge in [-0.05, 0) is 29.7 Å². The summed E-state index contributed by atoms with van der Waals surface area (Å²) in [6.45, 7) is 2.45. The van der Waals surface area contributed by atoms with Crippen molar-refractivity contribution in [1.29, 1.82) is 0 Å². The van der Waals surface area contributed by atoms with Crippen molar-refractivity contribution < 1.29 is 9.84 Å². The van der Waals surface area contributed by atoms with Crippen molar-refractivity contribution in [2.45, 2.75) is 25.6 Å². The highest BCUT2D eigenvalue weighted by atomic mass is 35.5. The predicted molar refractivity (Wildman–Crippen MR) is 82.1 cm³/mol. The van der Waals surface area contributed by atoms with E-state index in [4.69, 9.17) is 16.3 Å². The van der Waals surface area contributed by atoms with Crippen LogP contribution >= 0.6 is 11.6 Å². The molecule has 0 saturated heterocycles. The quantitative estimate of drug-likeness (QED) is 0.812. The summed E-state index contributed by atoms with van der Waals surface area (Å²) in [4.78, 5) is 0. The van der Waals surface area contributed by atoms with Gasteiger partial charge in [0, 0.05) is 0 Å². The van der Waals surface area contributed by atoms with Crippen LogP contribution in [0.15, 0.2) is 54.6 Å². The molecule has 0 aromatic heterocycles. The normalized spacial score (nSPS) is 13.8. The second-order valence-corrected chi connectivity index (χ2v) is 5.08. The molecule has 1 atom stereocenters. The smallest absolute Gasteiger partial charge is 0.119 e. The van der Waals surface area contributed by atoms with Gasteiger partial charge in [-0.25, -0.2) is 0 Å². The van der Waals surface area contributed by atoms with Gasteiger partial charge in [-0.1, -0.05) is 49.4 Å². The zero-order chi connectivity index (χ0) is 14.4. The van der Waals surface area contributed by atoms with Crippen molar-refractivity contribution in [2.75, 3.05) is 5.88 Å². The molecular weight excluding hydrogens is 272 g/mol. The Labute approximate surface area is 125 Å². The van der Waals surface area contributed by atoms with Gasteiger partial charge < -0.3 is 9.84 Å². The molecular formula is C17H19ClO2. The molecule has 0 spiro atoms. The van der Waals surface area contributed by atoms with Gasteiger partial charge in [0.15, 0.2) is 0 Å². The molecule has 2 aromatic rings. The standard InChI is InChI=1S/C17H19ClO2/c1-2-17(19,13-18)15-8-10-16(11-9-15)20-12-14-6-4-3-5-7-14/h3-11,19H,2,12-13H2,1H3. The molecule has 0 aliphatic heterocycles. The summed E-state index contributed by atoms with van der Waals surface area (Å²) in [6, 6.07) is 17.5. The molecule has 0 aliphatic rings. The molecule has 2 aromatic carbocycles. The molecule has 0 fully saturated rings. The molecule has 2 nitrogen and oxygen atoms in total. The Morgan fingerprint density at radius 2 is 1.70 bits per heavy atom. The molecule has 1 unspecified atom stereocenters. The SMILES string of the molecule is CCC(O)(CCl)c1ccc(OCc2ccccc2)cc1. The molecule has 1 N–H and O–H groups in total. The zero-order valence-electron chi connectivity index (χ0n) is 11.6. The van der Waals surface area contributed by atoms with E-state index in [0.717, 1.165) is 16.9 Å². The van der Waals surface area contributed by atoms with Crippen molar-refractivity contribution in [3.05, 3.63) is 65.7 Å². The van der Waals surface area contributed by atoms with Crippen LogP contribution in [0.25, 0.3) is 0 Å². The van der Waals surface area contributed by atoms with E-state index in [0.29, 0.717) is 13.0 Å². The van der Waals surface area contributed by atoms with E-state index >= 15 is 0 Å². The third-order valence-electron chi connectivity index (χ3n) is 3.45. The Bertz CT molecular complexity index is 518. The summed E-state index contributed by atoms with van der Waals surface area (Å²) < 4.78 is 5.71. The Kier molecular flexibility index (Phi) is 5.05. The number of hydrogen-bond donors (Lipinski definition) is 1. The molecule has 20 heavy (non-hydrogen) atoms. The number of rotatable bonds is 6. The fourth-order valence-electron chi connectivity index (χ4n) is 1.98. The van der Waals surface area contributed by atoms with Gasteiger partial charge >= 0.3 is 0 Å². The van der Waals surface area contributed by atoms with E-state index in [1.807, 2.05) is 61.5 Å². The highest BCUT2D eigenvalue weighted by Crippen LogP contribution is 2.28. The van der Waals surface area contributed by atoms with Crippen molar-refractivity contribution in [3.8, 4) is 5.75 Å². The zero-order valence-corrected chi connectivity index (χ0v) is 12.3. The first-order valence-corrected chi connectivity index (χ1v) is 7.27. The van der Waals surface area contributed by atoms with Gasteiger partial charge in [-0.2, -0.15) is 0 Å². The molecule has 0 aliphatic carbocycles. The monoisotopic (exact) mass is 290 g/mol. The number of halogens is 1. The number of benzene rings is 2. The highest BCUT2D eigenvalue weighted by molar-refractivity contribution is 6.18. The predicted octanol–water partition coefficient (Wildman–Crippen LogP) is 4.10. The molecule has 0 bridgehead atoms. The highest BCUT2D eigenvalue weighted by Gasteiger charge is 2.25. The van der Waals surface area contributed by atoms with Crippen molar-refractivity contribution in [1.82, 2.24) is 0 Å². The Balaban J connectivity index is 2.02. The maximum absolute atomic E-state index is 10.3. The van der Waals surface area contributed by atoms with E-state index < -0.39 is 5.60 Å². The van der Waals surface area contributed by atoms with Crippen LogP contribution in [0.4, 0.5) is 0 Å². The summed E-state index contributed by atoms with van der Waals surface area (Å²) >= 11 is 5.84. The molecule has 0 radical (unpaired) electrons. The molecule has 3 heteroatoms. The van der Waals surface area contributed by atoms with Gasteiger partial charge in [0.05, 0.1) is 5.88 Å². The first kappa shape index (κ1) is 14.9. The number of aliphatic hydroxyl groups is 1. The van der Waals surface area contributed by atoms with Crippen LogP contribution in [0.2, 0.25) is 0 Å². The van der Waals surface area contributed by atoms with Crippen LogP contribution in [0, 0.1) is 0 Å². The van der Waals surface area contributed by atoms with Gasteiger partial charge in [0.2, 0.25) is 0 Å². The lowest BCUT2D eigenvalue weighted by atomic mass is 9.93.